The fraction of sp³-hybridized carbons (Fsp3) is 0.0714. The maximum absolute atomic E-state index is 10.8. The SMILES string of the molecule is O=C(O)c1ccc(COc2ccc(O)cc2)cc1Cl. The molecule has 0 aromatic heterocycles. The molecule has 0 bridgehead atoms. The van der Waals surface area contributed by atoms with Crippen molar-refractivity contribution in [3.8, 4) is 11.5 Å². The molecule has 0 aliphatic carbocycles. The Morgan fingerprint density at radius 2 is 1.84 bits per heavy atom. The molecule has 0 atom stereocenters. The Labute approximate surface area is 114 Å². The van der Waals surface area contributed by atoms with Gasteiger partial charge in [-0.3, -0.25) is 0 Å². The van der Waals surface area contributed by atoms with Gasteiger partial charge in [0.2, 0.25) is 0 Å². The van der Waals surface area contributed by atoms with Crippen LogP contribution in [0.2, 0.25) is 5.02 Å². The second-order valence-electron chi connectivity index (χ2n) is 3.90. The third-order valence-corrected chi connectivity index (χ3v) is 2.82. The van der Waals surface area contributed by atoms with Gasteiger partial charge in [0, 0.05) is 0 Å². The molecule has 5 heteroatoms. The average molecular weight is 279 g/mol. The fourth-order valence-electron chi connectivity index (χ4n) is 1.53. The van der Waals surface area contributed by atoms with E-state index in [0.717, 1.165) is 5.56 Å². The Kier molecular flexibility index (Phi) is 3.92. The molecule has 2 rings (SSSR count). The average Bonchev–Trinajstić information content (AvgIpc) is 2.37. The largest absolute Gasteiger partial charge is 0.508 e. The summed E-state index contributed by atoms with van der Waals surface area (Å²) < 4.78 is 5.49. The molecule has 0 spiro atoms. The van der Waals surface area contributed by atoms with E-state index in [0.29, 0.717) is 5.75 Å². The van der Waals surface area contributed by atoms with Crippen LogP contribution in [0.1, 0.15) is 15.9 Å². The molecular weight excluding hydrogens is 268 g/mol. The van der Waals surface area contributed by atoms with Crippen LogP contribution in [0.15, 0.2) is 42.5 Å². The number of carboxylic acids is 1. The van der Waals surface area contributed by atoms with E-state index >= 15 is 0 Å². The van der Waals surface area contributed by atoms with E-state index in [1.54, 1.807) is 24.3 Å². The van der Waals surface area contributed by atoms with E-state index < -0.39 is 5.97 Å². The molecule has 4 nitrogen and oxygen atoms in total. The molecule has 0 aliphatic rings. The lowest BCUT2D eigenvalue weighted by atomic mass is 10.1. The lowest BCUT2D eigenvalue weighted by molar-refractivity contribution is 0.0697. The first kappa shape index (κ1) is 13.2. The van der Waals surface area contributed by atoms with Crippen molar-refractivity contribution in [3.63, 3.8) is 0 Å². The Balaban J connectivity index is 2.06. The van der Waals surface area contributed by atoms with Crippen LogP contribution in [0, 0.1) is 0 Å². The van der Waals surface area contributed by atoms with Gasteiger partial charge in [0.05, 0.1) is 10.6 Å². The summed E-state index contributed by atoms with van der Waals surface area (Å²) in [5, 5.41) is 18.2. The van der Waals surface area contributed by atoms with Crippen molar-refractivity contribution in [3.05, 3.63) is 58.6 Å². The Morgan fingerprint density at radius 1 is 1.16 bits per heavy atom. The Hall–Kier alpha value is -2.20. The number of aromatic hydroxyl groups is 1. The van der Waals surface area contributed by atoms with Gasteiger partial charge in [-0.1, -0.05) is 17.7 Å². The van der Waals surface area contributed by atoms with Crippen molar-refractivity contribution in [2.24, 2.45) is 0 Å². The first-order valence-corrected chi connectivity index (χ1v) is 5.87. The molecule has 0 radical (unpaired) electrons. The summed E-state index contributed by atoms with van der Waals surface area (Å²) >= 11 is 5.86. The number of rotatable bonds is 4. The number of carboxylic acid groups (broad SMARTS) is 1. The maximum Gasteiger partial charge on any atom is 0.337 e. The molecule has 0 heterocycles. The van der Waals surface area contributed by atoms with Gasteiger partial charge in [0.15, 0.2) is 0 Å². The van der Waals surface area contributed by atoms with Crippen LogP contribution < -0.4 is 4.74 Å². The van der Waals surface area contributed by atoms with Crippen molar-refractivity contribution >= 4 is 17.6 Å². The molecule has 98 valence electrons. The monoisotopic (exact) mass is 278 g/mol. The van der Waals surface area contributed by atoms with Crippen LogP contribution in [0.3, 0.4) is 0 Å². The second kappa shape index (κ2) is 5.63. The third-order valence-electron chi connectivity index (χ3n) is 2.51. The molecule has 0 aliphatic heterocycles. The number of ether oxygens (including phenoxy) is 1. The smallest absolute Gasteiger partial charge is 0.337 e. The number of hydrogen-bond donors (Lipinski definition) is 2. The number of carbonyl (C=O) groups is 1. The quantitative estimate of drug-likeness (QED) is 0.900. The summed E-state index contributed by atoms with van der Waals surface area (Å²) in [6.45, 7) is 0.268. The predicted octanol–water partition coefficient (Wildman–Crippen LogP) is 3.32. The van der Waals surface area contributed by atoms with Gasteiger partial charge in [0.1, 0.15) is 18.1 Å². The number of hydrogen-bond acceptors (Lipinski definition) is 3. The summed E-state index contributed by atoms with van der Waals surface area (Å²) in [7, 11) is 0. The van der Waals surface area contributed by atoms with E-state index in [-0.39, 0.29) is 22.9 Å². The molecule has 0 unspecified atom stereocenters. The zero-order valence-electron chi connectivity index (χ0n) is 9.84. The topological polar surface area (TPSA) is 66.8 Å². The van der Waals surface area contributed by atoms with Crippen LogP contribution >= 0.6 is 11.6 Å². The molecule has 0 saturated carbocycles. The summed E-state index contributed by atoms with van der Waals surface area (Å²) in [5.41, 5.74) is 0.832. The zero-order valence-corrected chi connectivity index (χ0v) is 10.6. The van der Waals surface area contributed by atoms with Crippen LogP contribution in [-0.4, -0.2) is 16.2 Å². The highest BCUT2D eigenvalue weighted by atomic mass is 35.5. The van der Waals surface area contributed by atoms with Crippen LogP contribution in [0.25, 0.3) is 0 Å². The van der Waals surface area contributed by atoms with E-state index in [1.807, 2.05) is 0 Å². The van der Waals surface area contributed by atoms with Crippen molar-refractivity contribution in [1.29, 1.82) is 0 Å². The van der Waals surface area contributed by atoms with Gasteiger partial charge in [-0.15, -0.1) is 0 Å². The van der Waals surface area contributed by atoms with E-state index in [9.17, 15) is 4.79 Å². The highest BCUT2D eigenvalue weighted by Crippen LogP contribution is 2.20. The molecule has 0 saturated heterocycles. The van der Waals surface area contributed by atoms with Gasteiger partial charge in [-0.2, -0.15) is 0 Å². The summed E-state index contributed by atoms with van der Waals surface area (Å²) in [5.74, 6) is -0.284. The summed E-state index contributed by atoms with van der Waals surface area (Å²) in [4.78, 5) is 10.8. The third kappa shape index (κ3) is 3.39. The van der Waals surface area contributed by atoms with Gasteiger partial charge in [0.25, 0.3) is 0 Å². The minimum atomic E-state index is -1.06. The molecule has 0 fully saturated rings. The first-order valence-electron chi connectivity index (χ1n) is 5.50. The highest BCUT2D eigenvalue weighted by molar-refractivity contribution is 6.33. The van der Waals surface area contributed by atoms with Gasteiger partial charge in [-0.25, -0.2) is 4.79 Å². The minimum Gasteiger partial charge on any atom is -0.508 e. The second-order valence-corrected chi connectivity index (χ2v) is 4.31. The van der Waals surface area contributed by atoms with Gasteiger partial charge in [-0.05, 0) is 42.0 Å². The van der Waals surface area contributed by atoms with Gasteiger partial charge < -0.3 is 14.9 Å². The molecule has 19 heavy (non-hydrogen) atoms. The van der Waals surface area contributed by atoms with Gasteiger partial charge >= 0.3 is 5.97 Å². The standard InChI is InChI=1S/C14H11ClO4/c15-13-7-9(1-6-12(13)14(17)18)8-19-11-4-2-10(16)3-5-11/h1-7,16H,8H2,(H,17,18). The lowest BCUT2D eigenvalue weighted by Gasteiger charge is -2.07. The number of benzene rings is 2. The fourth-order valence-corrected chi connectivity index (χ4v) is 1.81. The molecular formula is C14H11ClO4. The number of halogens is 1. The number of phenols is 1. The Bertz CT molecular complexity index is 593. The summed E-state index contributed by atoms with van der Waals surface area (Å²) in [6.07, 6.45) is 0. The van der Waals surface area contributed by atoms with Crippen molar-refractivity contribution in [2.45, 2.75) is 6.61 Å². The highest BCUT2D eigenvalue weighted by Gasteiger charge is 2.08. The maximum atomic E-state index is 10.8. The Morgan fingerprint density at radius 3 is 2.42 bits per heavy atom. The molecule has 2 N–H and O–H groups in total. The predicted molar refractivity (Wildman–Crippen MR) is 70.9 cm³/mol. The van der Waals surface area contributed by atoms with Crippen molar-refractivity contribution < 1.29 is 19.7 Å². The van der Waals surface area contributed by atoms with Crippen LogP contribution in [0.4, 0.5) is 0 Å². The van der Waals surface area contributed by atoms with Crippen molar-refractivity contribution in [1.82, 2.24) is 0 Å². The van der Waals surface area contributed by atoms with E-state index in [2.05, 4.69) is 0 Å². The van der Waals surface area contributed by atoms with Crippen LogP contribution in [0.5, 0.6) is 11.5 Å². The normalized spacial score (nSPS) is 10.2. The molecule has 2 aromatic rings. The van der Waals surface area contributed by atoms with E-state index in [1.165, 1.54) is 18.2 Å². The van der Waals surface area contributed by atoms with E-state index in [4.69, 9.17) is 26.6 Å². The first-order chi connectivity index (χ1) is 9.06. The molecule has 2 aromatic carbocycles. The molecule has 0 amide bonds. The minimum absolute atomic E-state index is 0.0649. The van der Waals surface area contributed by atoms with Crippen molar-refractivity contribution in [2.75, 3.05) is 0 Å². The van der Waals surface area contributed by atoms with Crippen LogP contribution in [-0.2, 0) is 6.61 Å². The number of phenolic OH excluding ortho intramolecular Hbond substituents is 1. The zero-order chi connectivity index (χ0) is 13.8. The summed E-state index contributed by atoms with van der Waals surface area (Å²) in [6, 6.07) is 11.0. The lowest BCUT2D eigenvalue weighted by Crippen LogP contribution is -2.00. The number of aromatic carboxylic acids is 1.